The van der Waals surface area contributed by atoms with E-state index in [9.17, 15) is 14.4 Å². The van der Waals surface area contributed by atoms with E-state index < -0.39 is 6.10 Å². The highest BCUT2D eigenvalue weighted by atomic mass is 16.6. The fraction of sp³-hybridized carbons (Fsp3) is 0.822. The number of esters is 3. The molecule has 0 fully saturated rings. The Morgan fingerprint density at radius 1 is 0.266 bits per heavy atom. The van der Waals surface area contributed by atoms with Crippen LogP contribution in [0, 0.1) is 0 Å². The summed E-state index contributed by atoms with van der Waals surface area (Å²) in [7, 11) is 0. The summed E-state index contributed by atoms with van der Waals surface area (Å²) in [6, 6.07) is 0. The molecule has 0 radical (unpaired) electrons. The van der Waals surface area contributed by atoms with E-state index in [1.165, 1.54) is 238 Å². The molecular formula is C73H132O6. The Labute approximate surface area is 491 Å². The van der Waals surface area contributed by atoms with Crippen LogP contribution in [0.25, 0.3) is 0 Å². The zero-order valence-electron chi connectivity index (χ0n) is 52.9. The molecule has 0 aliphatic carbocycles. The first-order valence-electron chi connectivity index (χ1n) is 34.8. The minimum atomic E-state index is -0.771. The van der Waals surface area contributed by atoms with Crippen molar-refractivity contribution < 1.29 is 28.6 Å². The van der Waals surface area contributed by atoms with Crippen molar-refractivity contribution in [2.75, 3.05) is 13.2 Å². The average Bonchev–Trinajstić information content (AvgIpc) is 3.45. The summed E-state index contributed by atoms with van der Waals surface area (Å²) in [5.74, 6) is -0.844. The molecule has 0 rings (SSSR count). The first kappa shape index (κ1) is 76.1. The fourth-order valence-electron chi connectivity index (χ4n) is 10.4. The third kappa shape index (κ3) is 65.8. The Morgan fingerprint density at radius 2 is 0.494 bits per heavy atom. The van der Waals surface area contributed by atoms with Gasteiger partial charge in [0.15, 0.2) is 6.10 Å². The van der Waals surface area contributed by atoms with Crippen LogP contribution in [-0.4, -0.2) is 37.2 Å². The molecular weight excluding hydrogens is 973 g/mol. The third-order valence-electron chi connectivity index (χ3n) is 15.5. The van der Waals surface area contributed by atoms with Crippen LogP contribution < -0.4 is 0 Å². The number of rotatable bonds is 64. The average molecular weight is 1110 g/mol. The minimum absolute atomic E-state index is 0.0678. The summed E-state index contributed by atoms with van der Waals surface area (Å²) in [4.78, 5) is 38.3. The van der Waals surface area contributed by atoms with Crippen LogP contribution in [0.2, 0.25) is 0 Å². The van der Waals surface area contributed by atoms with E-state index in [0.717, 1.165) is 89.9 Å². The van der Waals surface area contributed by atoms with Gasteiger partial charge in [-0.2, -0.15) is 0 Å². The van der Waals surface area contributed by atoms with E-state index in [4.69, 9.17) is 14.2 Å². The Bertz CT molecular complexity index is 1410. The molecule has 1 atom stereocenters. The third-order valence-corrected chi connectivity index (χ3v) is 15.5. The lowest BCUT2D eigenvalue weighted by atomic mass is 10.0. The monoisotopic (exact) mass is 1110 g/mol. The molecule has 460 valence electrons. The summed E-state index contributed by atoms with van der Waals surface area (Å²) in [6.45, 7) is 6.58. The van der Waals surface area contributed by atoms with Crippen LogP contribution in [-0.2, 0) is 28.6 Å². The van der Waals surface area contributed by atoms with Crippen molar-refractivity contribution in [3.8, 4) is 0 Å². The number of unbranched alkanes of at least 4 members (excludes halogenated alkanes) is 43. The Hall–Kier alpha value is -2.89. The number of allylic oxidation sites excluding steroid dienone is 10. The van der Waals surface area contributed by atoms with Crippen molar-refractivity contribution in [3.63, 3.8) is 0 Å². The van der Waals surface area contributed by atoms with E-state index in [1.807, 2.05) is 0 Å². The first-order chi connectivity index (χ1) is 39.0. The Balaban J connectivity index is 4.18. The minimum Gasteiger partial charge on any atom is -0.462 e. The standard InChI is InChI=1S/C73H132O6/c1-4-7-10-13-16-19-22-24-26-28-30-32-33-34-35-36-37-38-39-41-42-44-46-48-51-54-57-60-63-66-72(75)78-69-70(68-77-71(74)65-62-59-56-53-50-21-18-15-12-9-6-3)79-73(76)67-64-61-58-55-52-49-47-45-43-40-31-29-27-25-23-20-17-14-11-8-5-2/h7,10,16,19,24,26,30,32,34-35,70H,4-6,8-9,11-15,17-18,20-23,25,27-29,31,33,36-69H2,1-3H3/b10-7-,19-16-,26-24-,32-30-,35-34-. The lowest BCUT2D eigenvalue weighted by molar-refractivity contribution is -0.167. The largest absolute Gasteiger partial charge is 0.462 e. The van der Waals surface area contributed by atoms with E-state index in [0.29, 0.717) is 19.3 Å². The SMILES string of the molecule is CC/C=C\C/C=C\C/C=C\C/C=C\C/C=C\CCCCCCCCCCCCCCCC(=O)OCC(COC(=O)CCCCCCCCCCCCC)OC(=O)CCCCCCCCCCCCCCCCCCCCCCC. The second-order valence-corrected chi connectivity index (χ2v) is 23.4. The van der Waals surface area contributed by atoms with Gasteiger partial charge in [0.05, 0.1) is 0 Å². The predicted octanol–water partition coefficient (Wildman–Crippen LogP) is 23.9. The van der Waals surface area contributed by atoms with Crippen LogP contribution in [0.3, 0.4) is 0 Å². The van der Waals surface area contributed by atoms with Crippen LogP contribution in [0.5, 0.6) is 0 Å². The van der Waals surface area contributed by atoms with Crippen molar-refractivity contribution in [2.45, 2.75) is 374 Å². The van der Waals surface area contributed by atoms with Gasteiger partial charge in [-0.05, 0) is 64.2 Å². The summed E-state index contributed by atoms with van der Waals surface area (Å²) < 4.78 is 17.0. The highest BCUT2D eigenvalue weighted by Crippen LogP contribution is 2.18. The highest BCUT2D eigenvalue weighted by molar-refractivity contribution is 5.71. The molecule has 0 N–H and O–H groups in total. The van der Waals surface area contributed by atoms with Gasteiger partial charge >= 0.3 is 17.9 Å². The number of ether oxygens (including phenoxy) is 3. The molecule has 0 saturated heterocycles. The molecule has 0 aliphatic rings. The van der Waals surface area contributed by atoms with Gasteiger partial charge in [-0.3, -0.25) is 14.4 Å². The number of hydrogen-bond donors (Lipinski definition) is 0. The van der Waals surface area contributed by atoms with Gasteiger partial charge in [0.25, 0.3) is 0 Å². The fourth-order valence-corrected chi connectivity index (χ4v) is 10.4. The number of carbonyl (C=O) groups is 3. The quantitative estimate of drug-likeness (QED) is 0.0261. The van der Waals surface area contributed by atoms with Gasteiger partial charge in [-0.1, -0.05) is 345 Å². The zero-order valence-corrected chi connectivity index (χ0v) is 52.9. The molecule has 0 aromatic heterocycles. The van der Waals surface area contributed by atoms with E-state index in [2.05, 4.69) is 81.5 Å². The second kappa shape index (κ2) is 67.6. The van der Waals surface area contributed by atoms with Crippen molar-refractivity contribution in [2.24, 2.45) is 0 Å². The van der Waals surface area contributed by atoms with Crippen molar-refractivity contribution in [1.29, 1.82) is 0 Å². The topological polar surface area (TPSA) is 78.9 Å². The van der Waals surface area contributed by atoms with Crippen molar-refractivity contribution in [3.05, 3.63) is 60.8 Å². The van der Waals surface area contributed by atoms with E-state index in [1.54, 1.807) is 0 Å². The van der Waals surface area contributed by atoms with Gasteiger partial charge in [0.2, 0.25) is 0 Å². The highest BCUT2D eigenvalue weighted by Gasteiger charge is 2.19. The smallest absolute Gasteiger partial charge is 0.306 e. The Kier molecular flexibility index (Phi) is 65.1. The molecule has 0 saturated carbocycles. The molecule has 79 heavy (non-hydrogen) atoms. The van der Waals surface area contributed by atoms with E-state index >= 15 is 0 Å². The number of hydrogen-bond acceptors (Lipinski definition) is 6. The van der Waals surface area contributed by atoms with Gasteiger partial charge in [0.1, 0.15) is 13.2 Å². The van der Waals surface area contributed by atoms with Crippen LogP contribution in [0.15, 0.2) is 60.8 Å². The molecule has 0 aromatic rings. The Morgan fingerprint density at radius 3 is 0.772 bits per heavy atom. The molecule has 0 heterocycles. The van der Waals surface area contributed by atoms with Crippen LogP contribution >= 0.6 is 0 Å². The summed E-state index contributed by atoms with van der Waals surface area (Å²) >= 11 is 0. The van der Waals surface area contributed by atoms with Crippen molar-refractivity contribution in [1.82, 2.24) is 0 Å². The summed E-state index contributed by atoms with van der Waals surface area (Å²) in [5, 5.41) is 0. The maximum absolute atomic E-state index is 12.9. The molecule has 6 heteroatoms. The molecule has 0 aromatic carbocycles. The second-order valence-electron chi connectivity index (χ2n) is 23.4. The molecule has 6 nitrogen and oxygen atoms in total. The molecule has 0 bridgehead atoms. The van der Waals surface area contributed by atoms with Gasteiger partial charge in [-0.25, -0.2) is 0 Å². The zero-order chi connectivity index (χ0) is 57.1. The molecule has 0 spiro atoms. The maximum atomic E-state index is 12.9. The van der Waals surface area contributed by atoms with Gasteiger partial charge in [-0.15, -0.1) is 0 Å². The van der Waals surface area contributed by atoms with Crippen LogP contribution in [0.4, 0.5) is 0 Å². The van der Waals surface area contributed by atoms with Gasteiger partial charge < -0.3 is 14.2 Å². The van der Waals surface area contributed by atoms with E-state index in [-0.39, 0.29) is 31.1 Å². The predicted molar refractivity (Wildman–Crippen MR) is 344 cm³/mol. The van der Waals surface area contributed by atoms with Gasteiger partial charge in [0, 0.05) is 19.3 Å². The number of carbonyl (C=O) groups excluding carboxylic acids is 3. The first-order valence-corrected chi connectivity index (χ1v) is 34.8. The normalized spacial score (nSPS) is 12.4. The lowest BCUT2D eigenvalue weighted by Gasteiger charge is -2.18. The molecule has 1 unspecified atom stereocenters. The molecule has 0 amide bonds. The summed E-state index contributed by atoms with van der Waals surface area (Å²) in [6.07, 6.45) is 86.8. The molecule has 0 aliphatic heterocycles. The maximum Gasteiger partial charge on any atom is 0.306 e. The lowest BCUT2D eigenvalue weighted by Crippen LogP contribution is -2.30. The van der Waals surface area contributed by atoms with Crippen molar-refractivity contribution >= 4 is 17.9 Å². The van der Waals surface area contributed by atoms with Crippen LogP contribution in [0.1, 0.15) is 367 Å². The summed E-state index contributed by atoms with van der Waals surface area (Å²) in [5.41, 5.74) is 0.